The molecule has 6 nitrogen and oxygen atoms in total. The quantitative estimate of drug-likeness (QED) is 0.800. The summed E-state index contributed by atoms with van der Waals surface area (Å²) >= 11 is 0. The second-order valence-corrected chi connectivity index (χ2v) is 6.56. The summed E-state index contributed by atoms with van der Waals surface area (Å²) in [5.41, 5.74) is 3.76. The van der Waals surface area contributed by atoms with E-state index in [9.17, 15) is 9.59 Å². The van der Waals surface area contributed by atoms with Crippen molar-refractivity contribution >= 4 is 17.4 Å². The van der Waals surface area contributed by atoms with Crippen molar-refractivity contribution in [1.29, 1.82) is 0 Å². The molecule has 0 unspecified atom stereocenters. The van der Waals surface area contributed by atoms with Gasteiger partial charge < -0.3 is 9.80 Å². The van der Waals surface area contributed by atoms with Crippen molar-refractivity contribution in [3.8, 4) is 0 Å². The van der Waals surface area contributed by atoms with Gasteiger partial charge in [0.05, 0.1) is 5.69 Å². The number of carbonyl (C=O) groups is 2. The molecule has 0 N–H and O–H groups in total. The summed E-state index contributed by atoms with van der Waals surface area (Å²) in [7, 11) is 0. The highest BCUT2D eigenvalue weighted by molar-refractivity contribution is 5.94. The average Bonchev–Trinajstić information content (AvgIpc) is 2.92. The third-order valence-electron chi connectivity index (χ3n) is 4.66. The number of carbonyl (C=O) groups excluding carboxylic acids is 2. The molecular weight excluding hydrogens is 316 g/mol. The Balaban J connectivity index is 1.57. The van der Waals surface area contributed by atoms with E-state index >= 15 is 0 Å². The van der Waals surface area contributed by atoms with Crippen LogP contribution in [0, 0.1) is 13.8 Å². The Morgan fingerprint density at radius 2 is 1.68 bits per heavy atom. The van der Waals surface area contributed by atoms with Gasteiger partial charge in [-0.2, -0.15) is 5.10 Å². The van der Waals surface area contributed by atoms with Crippen LogP contribution in [0.15, 0.2) is 30.3 Å². The molecule has 2 aromatic rings. The van der Waals surface area contributed by atoms with E-state index in [1.54, 1.807) is 11.6 Å². The molecule has 0 saturated carbocycles. The molecule has 0 bridgehead atoms. The minimum absolute atomic E-state index is 0.0751. The SMILES string of the molecule is CC(=O)c1ccc(N2CCN(C(=O)Cn3nc(C)cc3C)CC2)cc1. The highest BCUT2D eigenvalue weighted by Gasteiger charge is 2.22. The normalized spacial score (nSPS) is 14.7. The van der Waals surface area contributed by atoms with Gasteiger partial charge in [-0.15, -0.1) is 0 Å². The van der Waals surface area contributed by atoms with Gasteiger partial charge >= 0.3 is 0 Å². The van der Waals surface area contributed by atoms with Crippen LogP contribution >= 0.6 is 0 Å². The van der Waals surface area contributed by atoms with E-state index in [4.69, 9.17) is 0 Å². The number of hydrogen-bond donors (Lipinski definition) is 0. The first-order chi connectivity index (χ1) is 11.9. The largest absolute Gasteiger partial charge is 0.368 e. The first-order valence-electron chi connectivity index (χ1n) is 8.59. The highest BCUT2D eigenvalue weighted by atomic mass is 16.2. The molecule has 1 saturated heterocycles. The van der Waals surface area contributed by atoms with Gasteiger partial charge in [-0.3, -0.25) is 14.3 Å². The molecule has 3 rings (SSSR count). The Hall–Kier alpha value is -2.63. The Morgan fingerprint density at radius 1 is 1.04 bits per heavy atom. The molecule has 1 aliphatic heterocycles. The van der Waals surface area contributed by atoms with Gasteiger partial charge in [0, 0.05) is 43.1 Å². The van der Waals surface area contributed by atoms with E-state index < -0.39 is 0 Å². The van der Waals surface area contributed by atoms with Crippen LogP contribution in [0.5, 0.6) is 0 Å². The van der Waals surface area contributed by atoms with Gasteiger partial charge in [0.25, 0.3) is 0 Å². The van der Waals surface area contributed by atoms with E-state index in [1.165, 1.54) is 0 Å². The smallest absolute Gasteiger partial charge is 0.244 e. The number of piperazine rings is 1. The second-order valence-electron chi connectivity index (χ2n) is 6.56. The third-order valence-corrected chi connectivity index (χ3v) is 4.66. The topological polar surface area (TPSA) is 58.4 Å². The highest BCUT2D eigenvalue weighted by Crippen LogP contribution is 2.18. The van der Waals surface area contributed by atoms with Crippen molar-refractivity contribution in [3.05, 3.63) is 47.3 Å². The standard InChI is InChI=1S/C19H24N4O2/c1-14-12-15(2)23(20-14)13-19(25)22-10-8-21(9-11-22)18-6-4-17(5-7-18)16(3)24/h4-7,12H,8-11,13H2,1-3H3. The molecule has 0 atom stereocenters. The summed E-state index contributed by atoms with van der Waals surface area (Å²) in [5, 5.41) is 4.36. The molecule has 0 aliphatic carbocycles. The minimum atomic E-state index is 0.0751. The summed E-state index contributed by atoms with van der Waals surface area (Å²) in [6, 6.07) is 9.65. The number of amides is 1. The lowest BCUT2D eigenvalue weighted by molar-refractivity contribution is -0.132. The van der Waals surface area contributed by atoms with E-state index in [-0.39, 0.29) is 11.7 Å². The lowest BCUT2D eigenvalue weighted by Crippen LogP contribution is -2.49. The fourth-order valence-corrected chi connectivity index (χ4v) is 3.18. The van der Waals surface area contributed by atoms with Gasteiger partial charge in [-0.25, -0.2) is 0 Å². The van der Waals surface area contributed by atoms with Gasteiger partial charge in [-0.05, 0) is 51.1 Å². The zero-order valence-electron chi connectivity index (χ0n) is 15.0. The van der Waals surface area contributed by atoms with Crippen molar-refractivity contribution < 1.29 is 9.59 Å². The Labute approximate surface area is 148 Å². The van der Waals surface area contributed by atoms with Crippen LogP contribution < -0.4 is 4.90 Å². The van der Waals surface area contributed by atoms with Crippen molar-refractivity contribution in [1.82, 2.24) is 14.7 Å². The molecule has 1 aliphatic rings. The van der Waals surface area contributed by atoms with Crippen molar-refractivity contribution in [2.24, 2.45) is 0 Å². The second kappa shape index (κ2) is 7.09. The van der Waals surface area contributed by atoms with E-state index in [0.717, 1.165) is 35.7 Å². The minimum Gasteiger partial charge on any atom is -0.368 e. The molecular formula is C19H24N4O2. The maximum atomic E-state index is 12.5. The van der Waals surface area contributed by atoms with E-state index in [0.29, 0.717) is 19.6 Å². The number of hydrogen-bond acceptors (Lipinski definition) is 4. The summed E-state index contributed by atoms with van der Waals surface area (Å²) in [6.45, 7) is 8.76. The van der Waals surface area contributed by atoms with Crippen molar-refractivity contribution in [2.75, 3.05) is 31.1 Å². The molecule has 6 heteroatoms. The lowest BCUT2D eigenvalue weighted by Gasteiger charge is -2.36. The fourth-order valence-electron chi connectivity index (χ4n) is 3.18. The number of anilines is 1. The number of ketones is 1. The van der Waals surface area contributed by atoms with E-state index in [2.05, 4.69) is 10.00 Å². The molecule has 2 heterocycles. The first-order valence-corrected chi connectivity index (χ1v) is 8.59. The van der Waals surface area contributed by atoms with Crippen LogP contribution in [0.4, 0.5) is 5.69 Å². The lowest BCUT2D eigenvalue weighted by atomic mass is 10.1. The maximum absolute atomic E-state index is 12.5. The van der Waals surface area contributed by atoms with Gasteiger partial charge in [0.15, 0.2) is 5.78 Å². The zero-order chi connectivity index (χ0) is 18.0. The van der Waals surface area contributed by atoms with Gasteiger partial charge in [0.2, 0.25) is 5.91 Å². The number of Topliss-reactive ketones (excluding diaryl/α,β-unsaturated/α-hetero) is 1. The molecule has 1 amide bonds. The molecule has 1 aromatic carbocycles. The summed E-state index contributed by atoms with van der Waals surface area (Å²) in [5.74, 6) is 0.184. The number of benzene rings is 1. The average molecular weight is 340 g/mol. The number of nitrogens with zero attached hydrogens (tertiary/aromatic N) is 4. The monoisotopic (exact) mass is 340 g/mol. The molecule has 1 fully saturated rings. The molecule has 132 valence electrons. The van der Waals surface area contributed by atoms with Crippen LogP contribution in [0.2, 0.25) is 0 Å². The van der Waals surface area contributed by atoms with Crippen LogP contribution in [0.3, 0.4) is 0 Å². The first kappa shape index (κ1) is 17.2. The van der Waals surface area contributed by atoms with Gasteiger partial charge in [0.1, 0.15) is 6.54 Å². The third kappa shape index (κ3) is 3.90. The summed E-state index contributed by atoms with van der Waals surface area (Å²) in [4.78, 5) is 28.0. The predicted octanol–water partition coefficient (Wildman–Crippen LogP) is 2.05. The summed E-state index contributed by atoms with van der Waals surface area (Å²) < 4.78 is 1.77. The van der Waals surface area contributed by atoms with Crippen LogP contribution in [-0.2, 0) is 11.3 Å². The fraction of sp³-hybridized carbons (Fsp3) is 0.421. The van der Waals surface area contributed by atoms with Gasteiger partial charge in [-0.1, -0.05) is 0 Å². The Morgan fingerprint density at radius 3 is 2.20 bits per heavy atom. The van der Waals surface area contributed by atoms with Crippen LogP contribution in [0.25, 0.3) is 0 Å². The van der Waals surface area contributed by atoms with Crippen molar-refractivity contribution in [2.45, 2.75) is 27.3 Å². The molecule has 0 spiro atoms. The molecule has 25 heavy (non-hydrogen) atoms. The molecule has 1 aromatic heterocycles. The zero-order valence-corrected chi connectivity index (χ0v) is 15.0. The van der Waals surface area contributed by atoms with Crippen molar-refractivity contribution in [3.63, 3.8) is 0 Å². The number of rotatable bonds is 4. The number of aromatic nitrogens is 2. The Kier molecular flexibility index (Phi) is 4.88. The Bertz CT molecular complexity index is 771. The molecule has 0 radical (unpaired) electrons. The summed E-state index contributed by atoms with van der Waals surface area (Å²) in [6.07, 6.45) is 0. The van der Waals surface area contributed by atoms with Crippen LogP contribution in [0.1, 0.15) is 28.7 Å². The van der Waals surface area contributed by atoms with E-state index in [1.807, 2.05) is 49.1 Å². The number of aryl methyl sites for hydroxylation is 2. The maximum Gasteiger partial charge on any atom is 0.244 e. The predicted molar refractivity (Wildman–Crippen MR) is 96.9 cm³/mol. The van der Waals surface area contributed by atoms with Crippen LogP contribution in [-0.4, -0.2) is 52.5 Å².